The highest BCUT2D eigenvalue weighted by atomic mass is 16.4. The van der Waals surface area contributed by atoms with Crippen LogP contribution in [0.5, 0.6) is 0 Å². The third kappa shape index (κ3) is 3.14. The lowest BCUT2D eigenvalue weighted by atomic mass is 10.0. The van der Waals surface area contributed by atoms with Crippen LogP contribution in [0.15, 0.2) is 99.5 Å². The van der Waals surface area contributed by atoms with Gasteiger partial charge >= 0.3 is 0 Å². The van der Waals surface area contributed by atoms with Crippen LogP contribution < -0.4 is 0 Å². The molecule has 1 aliphatic rings. The smallest absolute Gasteiger partial charge is 0.248 e. The third-order valence-corrected chi connectivity index (χ3v) is 4.64. The Labute approximate surface area is 162 Å². The molecule has 0 saturated heterocycles. The van der Waals surface area contributed by atoms with Crippen molar-refractivity contribution < 1.29 is 4.42 Å². The van der Waals surface area contributed by atoms with Crippen LogP contribution in [0.3, 0.4) is 0 Å². The van der Waals surface area contributed by atoms with Crippen molar-refractivity contribution in [2.45, 2.75) is 6.42 Å². The Kier molecular flexibility index (Phi) is 4.10. The first-order valence-corrected chi connectivity index (χ1v) is 9.05. The van der Waals surface area contributed by atoms with Gasteiger partial charge in [-0.3, -0.25) is 0 Å². The van der Waals surface area contributed by atoms with Crippen LogP contribution in [-0.4, -0.2) is 21.6 Å². The fourth-order valence-electron chi connectivity index (χ4n) is 3.14. The van der Waals surface area contributed by atoms with Gasteiger partial charge in [0.15, 0.2) is 0 Å². The summed E-state index contributed by atoms with van der Waals surface area (Å²) < 4.78 is 5.82. The van der Waals surface area contributed by atoms with Crippen molar-refractivity contribution in [1.29, 1.82) is 0 Å². The molecular formula is C23H16N4O. The lowest BCUT2D eigenvalue weighted by molar-refractivity contribution is 0.584. The maximum absolute atomic E-state index is 5.82. The minimum Gasteiger partial charge on any atom is -0.416 e. The summed E-state index contributed by atoms with van der Waals surface area (Å²) in [6.45, 7) is 0. The van der Waals surface area contributed by atoms with E-state index in [0.29, 0.717) is 11.8 Å². The molecule has 1 aliphatic heterocycles. The molecule has 2 heterocycles. The molecule has 1 aromatic heterocycles. The molecule has 28 heavy (non-hydrogen) atoms. The molecule has 5 nitrogen and oxygen atoms in total. The Morgan fingerprint density at radius 2 is 0.929 bits per heavy atom. The van der Waals surface area contributed by atoms with Gasteiger partial charge in [0.2, 0.25) is 11.8 Å². The van der Waals surface area contributed by atoms with Crippen LogP contribution in [0.4, 0.5) is 0 Å². The number of rotatable bonds is 4. The van der Waals surface area contributed by atoms with Crippen molar-refractivity contribution in [3.05, 3.63) is 96.1 Å². The number of hydrogen-bond donors (Lipinski definition) is 0. The minimum atomic E-state index is 0.500. The van der Waals surface area contributed by atoms with Crippen LogP contribution in [-0.2, 0) is 0 Å². The summed E-state index contributed by atoms with van der Waals surface area (Å²) in [5.74, 6) is 1.01. The highest BCUT2D eigenvalue weighted by molar-refractivity contribution is 6.20. The lowest BCUT2D eigenvalue weighted by Crippen LogP contribution is -2.05. The zero-order chi connectivity index (χ0) is 18.8. The van der Waals surface area contributed by atoms with Gasteiger partial charge in [-0.1, -0.05) is 60.7 Å². The fraction of sp³-hybridized carbons (Fsp3) is 0.0435. The predicted octanol–water partition coefficient (Wildman–Crippen LogP) is 5.00. The fourth-order valence-corrected chi connectivity index (χ4v) is 3.14. The van der Waals surface area contributed by atoms with E-state index in [4.69, 9.17) is 4.42 Å². The number of hydrogen-bond acceptors (Lipinski definition) is 5. The van der Waals surface area contributed by atoms with Crippen molar-refractivity contribution in [3.63, 3.8) is 0 Å². The highest BCUT2D eigenvalue weighted by Crippen LogP contribution is 2.25. The Balaban J connectivity index is 1.33. The van der Waals surface area contributed by atoms with Gasteiger partial charge in [-0.05, 0) is 35.4 Å². The summed E-state index contributed by atoms with van der Waals surface area (Å²) in [7, 11) is 0. The zero-order valence-corrected chi connectivity index (χ0v) is 15.0. The molecule has 0 radical (unpaired) electrons. The molecule has 0 bridgehead atoms. The largest absolute Gasteiger partial charge is 0.416 e. The molecule has 0 fully saturated rings. The summed E-state index contributed by atoms with van der Waals surface area (Å²) in [4.78, 5) is 0. The Bertz CT molecular complexity index is 1160. The number of aromatic nitrogens is 2. The van der Waals surface area contributed by atoms with E-state index in [2.05, 4.69) is 32.5 Å². The molecule has 0 aliphatic carbocycles. The van der Waals surface area contributed by atoms with E-state index >= 15 is 0 Å². The van der Waals surface area contributed by atoms with Gasteiger partial charge in [-0.2, -0.15) is 10.2 Å². The minimum absolute atomic E-state index is 0.500. The molecule has 4 aromatic rings. The van der Waals surface area contributed by atoms with Crippen molar-refractivity contribution in [1.82, 2.24) is 10.2 Å². The van der Waals surface area contributed by atoms with E-state index in [0.717, 1.165) is 40.1 Å². The van der Waals surface area contributed by atoms with Crippen molar-refractivity contribution in [2.75, 3.05) is 0 Å². The van der Waals surface area contributed by atoms with Gasteiger partial charge in [0.1, 0.15) is 0 Å². The molecule has 5 rings (SSSR count). The van der Waals surface area contributed by atoms with Crippen LogP contribution in [0.1, 0.15) is 17.5 Å². The Morgan fingerprint density at radius 3 is 1.50 bits per heavy atom. The molecule has 0 unspecified atom stereocenters. The maximum atomic E-state index is 5.82. The van der Waals surface area contributed by atoms with E-state index < -0.39 is 0 Å². The molecular weight excluding hydrogens is 348 g/mol. The zero-order valence-electron chi connectivity index (χ0n) is 15.0. The Hall–Kier alpha value is -3.86. The lowest BCUT2D eigenvalue weighted by Gasteiger charge is -2.03. The summed E-state index contributed by atoms with van der Waals surface area (Å²) >= 11 is 0. The van der Waals surface area contributed by atoms with Gasteiger partial charge in [0, 0.05) is 17.5 Å². The predicted molar refractivity (Wildman–Crippen MR) is 109 cm³/mol. The summed E-state index contributed by atoms with van der Waals surface area (Å²) in [6, 6.07) is 27.9. The standard InChI is InChI=1S/C23H16N4O/c1-3-7-16(8-4-1)20-15-21(25-24-20)17-11-13-19(14-12-17)23-27-26-22(28-23)18-9-5-2-6-10-18/h1-14H,15H2. The second-order valence-electron chi connectivity index (χ2n) is 6.49. The van der Waals surface area contributed by atoms with Crippen molar-refractivity contribution in [3.8, 4) is 22.9 Å². The average molecular weight is 364 g/mol. The first kappa shape index (κ1) is 16.3. The topological polar surface area (TPSA) is 63.6 Å². The third-order valence-electron chi connectivity index (χ3n) is 4.64. The van der Waals surface area contributed by atoms with Gasteiger partial charge < -0.3 is 4.42 Å². The number of nitrogens with zero attached hydrogens (tertiary/aromatic N) is 4. The first-order chi connectivity index (χ1) is 13.9. The van der Waals surface area contributed by atoms with Gasteiger partial charge in [-0.15, -0.1) is 10.2 Å². The maximum Gasteiger partial charge on any atom is 0.248 e. The van der Waals surface area contributed by atoms with Crippen LogP contribution in [0, 0.1) is 0 Å². The average Bonchev–Trinajstić information content (AvgIpc) is 3.46. The van der Waals surface area contributed by atoms with Crippen LogP contribution in [0.2, 0.25) is 0 Å². The molecule has 5 heteroatoms. The van der Waals surface area contributed by atoms with E-state index in [1.807, 2.05) is 72.8 Å². The molecule has 0 spiro atoms. The van der Waals surface area contributed by atoms with E-state index in [9.17, 15) is 0 Å². The molecule has 0 amide bonds. The summed E-state index contributed by atoms with van der Waals surface area (Å²) in [6.07, 6.45) is 0.724. The van der Waals surface area contributed by atoms with E-state index in [-0.39, 0.29) is 0 Å². The van der Waals surface area contributed by atoms with Gasteiger partial charge in [0.25, 0.3) is 0 Å². The van der Waals surface area contributed by atoms with Gasteiger partial charge in [0.05, 0.1) is 11.4 Å². The molecule has 134 valence electrons. The molecule has 0 atom stereocenters. The van der Waals surface area contributed by atoms with Crippen molar-refractivity contribution >= 4 is 11.4 Å². The molecule has 0 N–H and O–H groups in total. The van der Waals surface area contributed by atoms with E-state index in [1.54, 1.807) is 0 Å². The first-order valence-electron chi connectivity index (χ1n) is 9.05. The quantitative estimate of drug-likeness (QED) is 0.512. The second-order valence-corrected chi connectivity index (χ2v) is 6.49. The highest BCUT2D eigenvalue weighted by Gasteiger charge is 2.16. The summed E-state index contributed by atoms with van der Waals surface area (Å²) in [5.41, 5.74) is 5.88. The van der Waals surface area contributed by atoms with Crippen LogP contribution >= 0.6 is 0 Å². The van der Waals surface area contributed by atoms with Crippen molar-refractivity contribution in [2.24, 2.45) is 10.2 Å². The normalized spacial score (nSPS) is 13.3. The molecule has 3 aromatic carbocycles. The summed E-state index contributed by atoms with van der Waals surface area (Å²) in [5, 5.41) is 17.0. The monoisotopic (exact) mass is 364 g/mol. The Morgan fingerprint density at radius 1 is 0.500 bits per heavy atom. The van der Waals surface area contributed by atoms with Crippen LogP contribution in [0.25, 0.3) is 22.9 Å². The van der Waals surface area contributed by atoms with E-state index in [1.165, 1.54) is 0 Å². The van der Waals surface area contributed by atoms with Gasteiger partial charge in [-0.25, -0.2) is 0 Å². The number of benzene rings is 3. The second kappa shape index (κ2) is 7.04. The molecule has 0 saturated carbocycles. The SMILES string of the molecule is c1ccc(C2=NN=C(c3ccc(-c4nnc(-c5ccccc5)o4)cc3)C2)cc1.